The molecule has 118 valence electrons. The van der Waals surface area contributed by atoms with Gasteiger partial charge in [0.1, 0.15) is 0 Å². The topological polar surface area (TPSA) is 0 Å². The van der Waals surface area contributed by atoms with E-state index in [9.17, 15) is 0 Å². The van der Waals surface area contributed by atoms with Crippen molar-refractivity contribution in [2.45, 2.75) is 6.42 Å². The summed E-state index contributed by atoms with van der Waals surface area (Å²) in [6.45, 7) is 0. The van der Waals surface area contributed by atoms with Crippen LogP contribution in [0.3, 0.4) is 0 Å². The fourth-order valence-corrected chi connectivity index (χ4v) is 2.68. The van der Waals surface area contributed by atoms with Crippen LogP contribution >= 0.6 is 0 Å². The molecule has 0 saturated carbocycles. The number of benzene rings is 3. The molecule has 3 aromatic rings. The molecule has 0 heteroatoms. The predicted molar refractivity (Wildman–Crippen MR) is 105 cm³/mol. The van der Waals surface area contributed by atoms with E-state index in [1.807, 2.05) is 12.1 Å². The summed E-state index contributed by atoms with van der Waals surface area (Å²) in [5.74, 6) is 0.368. The molecule has 0 saturated heterocycles. The van der Waals surface area contributed by atoms with Crippen LogP contribution in [0.1, 0.15) is 16.7 Å². The van der Waals surface area contributed by atoms with Crippen LogP contribution in [-0.4, -0.2) is 0 Å². The second-order valence-corrected chi connectivity index (χ2v) is 5.89. The first-order valence-corrected chi connectivity index (χ1v) is 8.40. The molecule has 0 bridgehead atoms. The Balaban J connectivity index is 1.77. The van der Waals surface area contributed by atoms with E-state index in [1.165, 1.54) is 16.7 Å². The van der Waals surface area contributed by atoms with Crippen LogP contribution in [0.5, 0.6) is 0 Å². The number of hydrogen-bond acceptors (Lipinski definition) is 0. The number of allylic oxidation sites excluding steroid dienone is 2. The summed E-state index contributed by atoms with van der Waals surface area (Å²) in [6.07, 6.45) is 10.0. The van der Waals surface area contributed by atoms with Gasteiger partial charge < -0.3 is 0 Å². The molecule has 0 aliphatic carbocycles. The Labute approximate surface area is 144 Å². The normalized spacial score (nSPS) is 12.7. The minimum absolute atomic E-state index is 0.368. The fraction of sp³-hybridized carbons (Fsp3) is 0.0833. The van der Waals surface area contributed by atoms with Gasteiger partial charge in [0.2, 0.25) is 0 Å². The van der Waals surface area contributed by atoms with Gasteiger partial charge in [0, 0.05) is 0 Å². The number of hydrogen-bond donors (Lipinski definition) is 0. The summed E-state index contributed by atoms with van der Waals surface area (Å²) < 4.78 is 0. The van der Waals surface area contributed by atoms with E-state index < -0.39 is 0 Å². The van der Waals surface area contributed by atoms with Gasteiger partial charge in [0.25, 0.3) is 0 Å². The highest BCUT2D eigenvalue weighted by molar-refractivity contribution is 5.53. The van der Waals surface area contributed by atoms with Crippen molar-refractivity contribution in [1.82, 2.24) is 0 Å². The molecule has 0 radical (unpaired) electrons. The Hall–Kier alpha value is -2.86. The molecule has 3 rings (SSSR count). The van der Waals surface area contributed by atoms with Gasteiger partial charge in [0.15, 0.2) is 0 Å². The van der Waals surface area contributed by atoms with E-state index in [0.29, 0.717) is 5.92 Å². The molecule has 0 unspecified atom stereocenters. The quantitative estimate of drug-likeness (QED) is 0.503. The van der Waals surface area contributed by atoms with Crippen molar-refractivity contribution < 1.29 is 0 Å². The first-order chi connectivity index (χ1) is 11.9. The SMILES string of the molecule is C(=CC(C=Cc1ccccc1)Cc1ccccc1)c1ccccc1. The minimum Gasteiger partial charge on any atom is -0.0767 e. The van der Waals surface area contributed by atoms with E-state index in [0.717, 1.165) is 6.42 Å². The van der Waals surface area contributed by atoms with Crippen LogP contribution < -0.4 is 0 Å². The van der Waals surface area contributed by atoms with Gasteiger partial charge in [-0.25, -0.2) is 0 Å². The Bertz CT molecular complexity index is 719. The zero-order valence-corrected chi connectivity index (χ0v) is 13.8. The largest absolute Gasteiger partial charge is 0.0767 e. The maximum atomic E-state index is 2.29. The fourth-order valence-electron chi connectivity index (χ4n) is 2.68. The molecule has 0 heterocycles. The maximum absolute atomic E-state index is 2.29. The van der Waals surface area contributed by atoms with Crippen LogP contribution in [0.15, 0.2) is 103 Å². The van der Waals surface area contributed by atoms with Gasteiger partial charge >= 0.3 is 0 Å². The second kappa shape index (κ2) is 8.69. The van der Waals surface area contributed by atoms with Gasteiger partial charge in [-0.15, -0.1) is 0 Å². The molecule has 0 fully saturated rings. The van der Waals surface area contributed by atoms with Crippen LogP contribution in [0.25, 0.3) is 12.2 Å². The lowest BCUT2D eigenvalue weighted by molar-refractivity contribution is 0.812. The Morgan fingerprint density at radius 1 is 0.542 bits per heavy atom. The van der Waals surface area contributed by atoms with Crippen LogP contribution in [0.2, 0.25) is 0 Å². The monoisotopic (exact) mass is 310 g/mol. The zero-order chi connectivity index (χ0) is 16.5. The molecule has 0 N–H and O–H groups in total. The van der Waals surface area contributed by atoms with E-state index in [-0.39, 0.29) is 0 Å². The van der Waals surface area contributed by atoms with Crippen molar-refractivity contribution in [1.29, 1.82) is 0 Å². The number of rotatable bonds is 6. The zero-order valence-electron chi connectivity index (χ0n) is 13.8. The van der Waals surface area contributed by atoms with E-state index >= 15 is 0 Å². The lowest BCUT2D eigenvalue weighted by Crippen LogP contribution is -1.97. The van der Waals surface area contributed by atoms with Crippen molar-refractivity contribution in [3.63, 3.8) is 0 Å². The lowest BCUT2D eigenvalue weighted by atomic mass is 9.96. The first kappa shape index (κ1) is 16.0. The van der Waals surface area contributed by atoms with Crippen LogP contribution in [0.4, 0.5) is 0 Å². The molecule has 3 aromatic carbocycles. The van der Waals surface area contributed by atoms with Gasteiger partial charge in [-0.1, -0.05) is 115 Å². The summed E-state index contributed by atoms with van der Waals surface area (Å²) in [7, 11) is 0. The Morgan fingerprint density at radius 3 is 1.42 bits per heavy atom. The molecule has 24 heavy (non-hydrogen) atoms. The average molecular weight is 310 g/mol. The molecule has 0 aromatic heterocycles. The summed E-state index contributed by atoms with van der Waals surface area (Å²) in [5.41, 5.74) is 3.84. The Kier molecular flexibility index (Phi) is 5.80. The van der Waals surface area contributed by atoms with Crippen LogP contribution in [0, 0.1) is 5.92 Å². The third kappa shape index (κ3) is 5.10. The highest BCUT2D eigenvalue weighted by Gasteiger charge is 2.02. The highest BCUT2D eigenvalue weighted by Crippen LogP contribution is 2.16. The summed E-state index contributed by atoms with van der Waals surface area (Å²) in [6, 6.07) is 31.6. The third-order valence-electron chi connectivity index (χ3n) is 3.99. The van der Waals surface area contributed by atoms with E-state index in [4.69, 9.17) is 0 Å². The molecule has 0 amide bonds. The van der Waals surface area contributed by atoms with Gasteiger partial charge in [-0.2, -0.15) is 0 Å². The second-order valence-electron chi connectivity index (χ2n) is 5.89. The summed E-state index contributed by atoms with van der Waals surface area (Å²) in [5, 5.41) is 0. The van der Waals surface area contributed by atoms with E-state index in [2.05, 4.69) is 103 Å². The molecule has 0 nitrogen and oxygen atoms in total. The average Bonchev–Trinajstić information content (AvgIpc) is 2.66. The van der Waals surface area contributed by atoms with Gasteiger partial charge in [-0.3, -0.25) is 0 Å². The minimum atomic E-state index is 0.368. The van der Waals surface area contributed by atoms with Crippen LogP contribution in [-0.2, 0) is 6.42 Å². The van der Waals surface area contributed by atoms with Crippen molar-refractivity contribution in [2.24, 2.45) is 5.92 Å². The lowest BCUT2D eigenvalue weighted by Gasteiger charge is -2.08. The molecular weight excluding hydrogens is 288 g/mol. The van der Waals surface area contributed by atoms with Crippen molar-refractivity contribution >= 4 is 12.2 Å². The van der Waals surface area contributed by atoms with Gasteiger partial charge in [0.05, 0.1) is 0 Å². The van der Waals surface area contributed by atoms with Gasteiger partial charge in [-0.05, 0) is 29.0 Å². The summed E-state index contributed by atoms with van der Waals surface area (Å²) >= 11 is 0. The molecule has 0 atom stereocenters. The Morgan fingerprint density at radius 2 is 0.958 bits per heavy atom. The third-order valence-corrected chi connectivity index (χ3v) is 3.99. The predicted octanol–water partition coefficient (Wildman–Crippen LogP) is 6.27. The van der Waals surface area contributed by atoms with Crippen molar-refractivity contribution in [2.75, 3.05) is 0 Å². The van der Waals surface area contributed by atoms with Crippen molar-refractivity contribution in [3.05, 3.63) is 120 Å². The molecule has 0 spiro atoms. The maximum Gasteiger partial charge on any atom is -0.000640 e. The standard InChI is InChI=1S/C24H22/c1-4-10-21(11-5-1)16-18-24(20-23-14-8-3-9-15-23)19-17-22-12-6-2-7-13-22/h1-19,24H,20H2. The molecule has 0 aliphatic heterocycles. The van der Waals surface area contributed by atoms with Crippen molar-refractivity contribution in [3.8, 4) is 0 Å². The summed E-state index contributed by atoms with van der Waals surface area (Å²) in [4.78, 5) is 0. The van der Waals surface area contributed by atoms with E-state index in [1.54, 1.807) is 0 Å². The first-order valence-electron chi connectivity index (χ1n) is 8.40. The molecule has 0 aliphatic rings. The molecular formula is C24H22. The smallest absolute Gasteiger partial charge is 0.000640 e. The highest BCUT2D eigenvalue weighted by atomic mass is 14.1.